The smallest absolute Gasteiger partial charge is 0.223 e. The Labute approximate surface area is 95.0 Å². The molecule has 1 aromatic heterocycles. The minimum atomic E-state index is 0.253. The van der Waals surface area contributed by atoms with E-state index in [9.17, 15) is 0 Å². The van der Waals surface area contributed by atoms with E-state index in [-0.39, 0.29) is 5.95 Å². The fourth-order valence-electron chi connectivity index (χ4n) is 1.98. The summed E-state index contributed by atoms with van der Waals surface area (Å²) in [6, 6.07) is 0. The predicted octanol–water partition coefficient (Wildman–Crippen LogP) is -0.387. The third-order valence-electron chi connectivity index (χ3n) is 2.80. The maximum absolute atomic E-state index is 5.87. The Hall–Kier alpha value is -1.56. The van der Waals surface area contributed by atoms with E-state index in [1.54, 1.807) is 0 Å². The van der Waals surface area contributed by atoms with E-state index < -0.39 is 0 Å². The van der Waals surface area contributed by atoms with Crippen molar-refractivity contribution in [3.63, 3.8) is 0 Å². The number of piperazine rings is 1. The standard InChI is InChI=1S/C10H18N6/c1-2-7-8(11)14-10(12)15-9(7)16-5-3-13-4-6-16/h13H,2-6H2,1H3,(H4,11,12,14,15). The molecule has 1 aromatic rings. The first kappa shape index (κ1) is 10.9. The number of rotatable bonds is 2. The molecule has 1 saturated heterocycles. The van der Waals surface area contributed by atoms with Gasteiger partial charge in [-0.25, -0.2) is 0 Å². The van der Waals surface area contributed by atoms with Crippen molar-refractivity contribution in [2.45, 2.75) is 13.3 Å². The molecule has 16 heavy (non-hydrogen) atoms. The normalized spacial score (nSPS) is 16.4. The van der Waals surface area contributed by atoms with Gasteiger partial charge in [-0.3, -0.25) is 0 Å². The van der Waals surface area contributed by atoms with Gasteiger partial charge < -0.3 is 21.7 Å². The number of nitrogens with zero attached hydrogens (tertiary/aromatic N) is 3. The minimum absolute atomic E-state index is 0.253. The first-order valence-corrected chi connectivity index (χ1v) is 5.60. The molecule has 0 spiro atoms. The van der Waals surface area contributed by atoms with Crippen molar-refractivity contribution >= 4 is 17.6 Å². The van der Waals surface area contributed by atoms with Crippen LogP contribution in [0.4, 0.5) is 17.6 Å². The molecule has 6 nitrogen and oxygen atoms in total. The van der Waals surface area contributed by atoms with Crippen molar-refractivity contribution < 1.29 is 0 Å². The SMILES string of the molecule is CCc1c(N)nc(N)nc1N1CCNCC1. The lowest BCUT2D eigenvalue weighted by Crippen LogP contribution is -2.44. The van der Waals surface area contributed by atoms with Crippen LogP contribution in [-0.4, -0.2) is 36.1 Å². The summed E-state index contributed by atoms with van der Waals surface area (Å²) in [7, 11) is 0. The number of hydrogen-bond acceptors (Lipinski definition) is 6. The molecule has 1 aliphatic rings. The van der Waals surface area contributed by atoms with Gasteiger partial charge in [-0.05, 0) is 6.42 Å². The summed E-state index contributed by atoms with van der Waals surface area (Å²) in [5.74, 6) is 1.65. The van der Waals surface area contributed by atoms with Crippen molar-refractivity contribution in [3.8, 4) is 0 Å². The van der Waals surface area contributed by atoms with E-state index in [2.05, 4.69) is 27.1 Å². The van der Waals surface area contributed by atoms with E-state index in [4.69, 9.17) is 11.5 Å². The molecule has 0 unspecified atom stereocenters. The summed E-state index contributed by atoms with van der Waals surface area (Å²) in [6.45, 7) is 5.85. The average Bonchev–Trinajstić information content (AvgIpc) is 2.29. The van der Waals surface area contributed by atoms with Crippen molar-refractivity contribution in [3.05, 3.63) is 5.56 Å². The van der Waals surface area contributed by atoms with Crippen molar-refractivity contribution in [2.75, 3.05) is 42.5 Å². The number of aromatic nitrogens is 2. The van der Waals surface area contributed by atoms with Gasteiger partial charge in [-0.2, -0.15) is 9.97 Å². The first-order valence-electron chi connectivity index (χ1n) is 5.60. The summed E-state index contributed by atoms with van der Waals surface area (Å²) < 4.78 is 0. The Kier molecular flexibility index (Phi) is 3.09. The molecule has 0 saturated carbocycles. The quantitative estimate of drug-likeness (QED) is 0.631. The van der Waals surface area contributed by atoms with E-state index in [0.717, 1.165) is 44.0 Å². The summed E-state index contributed by atoms with van der Waals surface area (Å²) in [4.78, 5) is 10.5. The Morgan fingerprint density at radius 3 is 2.56 bits per heavy atom. The second-order valence-corrected chi connectivity index (χ2v) is 3.86. The summed E-state index contributed by atoms with van der Waals surface area (Å²) >= 11 is 0. The molecule has 0 radical (unpaired) electrons. The minimum Gasteiger partial charge on any atom is -0.383 e. The van der Waals surface area contributed by atoms with E-state index >= 15 is 0 Å². The highest BCUT2D eigenvalue weighted by Crippen LogP contribution is 2.24. The molecule has 5 N–H and O–H groups in total. The summed E-state index contributed by atoms with van der Waals surface area (Å²) in [6.07, 6.45) is 0.825. The second kappa shape index (κ2) is 4.52. The maximum Gasteiger partial charge on any atom is 0.223 e. The van der Waals surface area contributed by atoms with Crippen LogP contribution in [0.15, 0.2) is 0 Å². The van der Waals surface area contributed by atoms with E-state index in [1.807, 2.05) is 0 Å². The zero-order chi connectivity index (χ0) is 11.5. The molecule has 0 bridgehead atoms. The van der Waals surface area contributed by atoms with E-state index in [0.29, 0.717) is 5.82 Å². The van der Waals surface area contributed by atoms with Gasteiger partial charge in [-0.15, -0.1) is 0 Å². The Morgan fingerprint density at radius 2 is 1.94 bits per heavy atom. The lowest BCUT2D eigenvalue weighted by atomic mass is 10.2. The van der Waals surface area contributed by atoms with Crippen LogP contribution >= 0.6 is 0 Å². The Bertz CT molecular complexity index is 372. The molecule has 0 atom stereocenters. The van der Waals surface area contributed by atoms with Gasteiger partial charge in [0.25, 0.3) is 0 Å². The van der Waals surface area contributed by atoms with Gasteiger partial charge in [0.15, 0.2) is 0 Å². The fraction of sp³-hybridized carbons (Fsp3) is 0.600. The number of nitrogen functional groups attached to an aromatic ring is 2. The zero-order valence-corrected chi connectivity index (χ0v) is 9.53. The van der Waals surface area contributed by atoms with E-state index in [1.165, 1.54) is 0 Å². The van der Waals surface area contributed by atoms with Crippen LogP contribution in [0.3, 0.4) is 0 Å². The molecule has 2 rings (SSSR count). The van der Waals surface area contributed by atoms with Gasteiger partial charge in [0.05, 0.1) is 0 Å². The Balaban J connectivity index is 2.36. The lowest BCUT2D eigenvalue weighted by Gasteiger charge is -2.30. The second-order valence-electron chi connectivity index (χ2n) is 3.86. The van der Waals surface area contributed by atoms with Gasteiger partial charge >= 0.3 is 0 Å². The summed E-state index contributed by atoms with van der Waals surface area (Å²) in [5.41, 5.74) is 12.5. The third kappa shape index (κ3) is 2.01. The average molecular weight is 222 g/mol. The van der Waals surface area contributed by atoms with Crippen molar-refractivity contribution in [1.29, 1.82) is 0 Å². The first-order chi connectivity index (χ1) is 7.72. The number of nitrogens with two attached hydrogens (primary N) is 2. The van der Waals surface area contributed by atoms with Crippen LogP contribution in [0, 0.1) is 0 Å². The molecule has 0 aliphatic carbocycles. The van der Waals surface area contributed by atoms with Crippen LogP contribution < -0.4 is 21.7 Å². The molecular weight excluding hydrogens is 204 g/mol. The molecule has 6 heteroatoms. The number of hydrogen-bond donors (Lipinski definition) is 3. The highest BCUT2D eigenvalue weighted by atomic mass is 15.3. The molecule has 88 valence electrons. The van der Waals surface area contributed by atoms with Crippen LogP contribution in [0.2, 0.25) is 0 Å². The third-order valence-corrected chi connectivity index (χ3v) is 2.80. The number of nitrogens with one attached hydrogen (secondary N) is 1. The van der Waals surface area contributed by atoms with Crippen molar-refractivity contribution in [1.82, 2.24) is 15.3 Å². The van der Waals surface area contributed by atoms with Gasteiger partial charge in [0.1, 0.15) is 11.6 Å². The van der Waals surface area contributed by atoms with Gasteiger partial charge in [0.2, 0.25) is 5.95 Å². The highest BCUT2D eigenvalue weighted by Gasteiger charge is 2.18. The fourth-order valence-corrected chi connectivity index (χ4v) is 1.98. The molecular formula is C10H18N6. The predicted molar refractivity (Wildman–Crippen MR) is 65.3 cm³/mol. The number of anilines is 3. The molecule has 0 aromatic carbocycles. The van der Waals surface area contributed by atoms with Crippen LogP contribution in [0.5, 0.6) is 0 Å². The van der Waals surface area contributed by atoms with Gasteiger partial charge in [0, 0.05) is 31.7 Å². The van der Waals surface area contributed by atoms with Crippen LogP contribution in [0.1, 0.15) is 12.5 Å². The van der Waals surface area contributed by atoms with Crippen molar-refractivity contribution in [2.24, 2.45) is 0 Å². The lowest BCUT2D eigenvalue weighted by molar-refractivity contribution is 0.583. The topological polar surface area (TPSA) is 93.1 Å². The molecule has 1 fully saturated rings. The monoisotopic (exact) mass is 222 g/mol. The largest absolute Gasteiger partial charge is 0.383 e. The molecule has 2 heterocycles. The maximum atomic E-state index is 5.87. The van der Waals surface area contributed by atoms with Crippen LogP contribution in [-0.2, 0) is 6.42 Å². The zero-order valence-electron chi connectivity index (χ0n) is 9.53. The molecule has 1 aliphatic heterocycles. The molecule has 0 amide bonds. The summed E-state index contributed by atoms with van der Waals surface area (Å²) in [5, 5.41) is 3.30. The Morgan fingerprint density at radius 1 is 1.25 bits per heavy atom. The van der Waals surface area contributed by atoms with Gasteiger partial charge in [-0.1, -0.05) is 6.92 Å². The highest BCUT2D eigenvalue weighted by molar-refractivity contribution is 5.59. The van der Waals surface area contributed by atoms with Crippen LogP contribution in [0.25, 0.3) is 0 Å².